The molecular formula is C22H22INO6S. The second-order valence-corrected chi connectivity index (χ2v) is 11.5. The molecule has 0 fully saturated rings. The molecule has 0 saturated carbocycles. The van der Waals surface area contributed by atoms with E-state index in [1.807, 2.05) is 12.1 Å². The van der Waals surface area contributed by atoms with E-state index in [0.717, 1.165) is 14.5 Å². The van der Waals surface area contributed by atoms with Crippen molar-refractivity contribution < 1.29 is 27.5 Å². The fraction of sp³-hybridized carbons (Fsp3) is 0.273. The van der Waals surface area contributed by atoms with Gasteiger partial charge in [0.25, 0.3) is 10.0 Å². The van der Waals surface area contributed by atoms with Gasteiger partial charge in [0, 0.05) is 10.9 Å². The first kappa shape index (κ1) is 23.3. The topological polar surface area (TPSA) is 106 Å². The SMILES string of the molecule is CC(C)(C)S(=O)(=O)N=Cc1cc2cc(COc3ccccc3CC(=O)O)cc(I)c2o1. The highest BCUT2D eigenvalue weighted by Crippen LogP contribution is 2.28. The molecule has 0 atom stereocenters. The van der Waals surface area contributed by atoms with Crippen molar-refractivity contribution in [2.75, 3.05) is 0 Å². The van der Waals surface area contributed by atoms with Crippen LogP contribution in [0.3, 0.4) is 0 Å². The van der Waals surface area contributed by atoms with Gasteiger partial charge in [0.1, 0.15) is 23.7 Å². The molecule has 1 heterocycles. The normalized spacial score (nSPS) is 12.5. The van der Waals surface area contributed by atoms with Crippen LogP contribution < -0.4 is 4.74 Å². The molecule has 2 aromatic carbocycles. The van der Waals surface area contributed by atoms with Crippen LogP contribution in [0.25, 0.3) is 11.0 Å². The Hall–Kier alpha value is -2.40. The van der Waals surface area contributed by atoms with Crippen LogP contribution in [0, 0.1) is 3.57 Å². The highest BCUT2D eigenvalue weighted by molar-refractivity contribution is 14.1. The highest BCUT2D eigenvalue weighted by atomic mass is 127. The van der Waals surface area contributed by atoms with Crippen molar-refractivity contribution in [2.45, 2.75) is 38.5 Å². The van der Waals surface area contributed by atoms with E-state index in [9.17, 15) is 13.2 Å². The first-order chi connectivity index (χ1) is 14.5. The smallest absolute Gasteiger partial charge is 0.307 e. The predicted octanol–water partition coefficient (Wildman–Crippen LogP) is 4.79. The summed E-state index contributed by atoms with van der Waals surface area (Å²) in [6.07, 6.45) is 1.10. The van der Waals surface area contributed by atoms with E-state index in [1.54, 1.807) is 51.1 Å². The molecule has 1 N–H and O–H groups in total. The Morgan fingerprint density at radius 3 is 2.61 bits per heavy atom. The number of halogens is 1. The Balaban J connectivity index is 1.83. The van der Waals surface area contributed by atoms with Gasteiger partial charge in [-0.25, -0.2) is 8.42 Å². The van der Waals surface area contributed by atoms with Gasteiger partial charge >= 0.3 is 5.97 Å². The van der Waals surface area contributed by atoms with Crippen molar-refractivity contribution in [3.63, 3.8) is 0 Å². The van der Waals surface area contributed by atoms with Crippen LogP contribution in [0.4, 0.5) is 0 Å². The first-order valence-electron chi connectivity index (χ1n) is 9.40. The minimum atomic E-state index is -3.66. The average Bonchev–Trinajstić information content (AvgIpc) is 3.08. The Morgan fingerprint density at radius 2 is 1.94 bits per heavy atom. The molecule has 3 aromatic rings. The Kier molecular flexibility index (Phi) is 6.75. The number of ether oxygens (including phenoxy) is 1. The van der Waals surface area contributed by atoms with Gasteiger partial charge in [0.2, 0.25) is 0 Å². The number of carboxylic acids is 1. The quantitative estimate of drug-likeness (QED) is 0.332. The number of sulfonamides is 1. The lowest BCUT2D eigenvalue weighted by atomic mass is 10.1. The lowest BCUT2D eigenvalue weighted by Gasteiger charge is -2.14. The van der Waals surface area contributed by atoms with Gasteiger partial charge in [-0.3, -0.25) is 4.79 Å². The van der Waals surface area contributed by atoms with Crippen molar-refractivity contribution in [3.8, 4) is 5.75 Å². The van der Waals surface area contributed by atoms with Crippen LogP contribution in [-0.2, 0) is 27.8 Å². The summed E-state index contributed by atoms with van der Waals surface area (Å²) in [7, 11) is -3.66. The second-order valence-electron chi connectivity index (χ2n) is 7.93. The van der Waals surface area contributed by atoms with E-state index < -0.39 is 20.7 Å². The maximum Gasteiger partial charge on any atom is 0.307 e. The second kappa shape index (κ2) is 8.99. The Bertz CT molecular complexity index is 1250. The van der Waals surface area contributed by atoms with Crippen LogP contribution in [0.2, 0.25) is 0 Å². The maximum atomic E-state index is 12.2. The number of carboxylic acid groups (broad SMARTS) is 1. The standard InChI is InChI=1S/C22H22INO6S/c1-22(2,3)31(27,28)24-12-17-10-16-8-14(9-18(23)21(16)30-17)13-29-19-7-5-4-6-15(19)11-20(25)26/h4-10,12H,11,13H2,1-3H3,(H,25,26). The van der Waals surface area contributed by atoms with Crippen molar-refractivity contribution in [1.29, 1.82) is 0 Å². The molecule has 0 spiro atoms. The molecule has 1 aromatic heterocycles. The van der Waals surface area contributed by atoms with Gasteiger partial charge in [-0.15, -0.1) is 0 Å². The van der Waals surface area contributed by atoms with Crippen molar-refractivity contribution >= 4 is 55.8 Å². The molecule has 0 aliphatic rings. The third kappa shape index (κ3) is 5.65. The van der Waals surface area contributed by atoms with Gasteiger partial charge in [-0.05, 0) is 73.2 Å². The van der Waals surface area contributed by atoms with Crippen LogP contribution in [0.15, 0.2) is 51.3 Å². The van der Waals surface area contributed by atoms with Crippen LogP contribution in [0.1, 0.15) is 37.7 Å². The lowest BCUT2D eigenvalue weighted by molar-refractivity contribution is -0.136. The molecule has 7 nitrogen and oxygen atoms in total. The van der Waals surface area contributed by atoms with E-state index in [4.69, 9.17) is 14.3 Å². The highest BCUT2D eigenvalue weighted by Gasteiger charge is 2.28. The van der Waals surface area contributed by atoms with Crippen LogP contribution in [0.5, 0.6) is 5.75 Å². The van der Waals surface area contributed by atoms with E-state index in [1.165, 1.54) is 6.21 Å². The predicted molar refractivity (Wildman–Crippen MR) is 127 cm³/mol. The number of fused-ring (bicyclic) bond motifs is 1. The fourth-order valence-electron chi connectivity index (χ4n) is 2.73. The average molecular weight is 555 g/mol. The summed E-state index contributed by atoms with van der Waals surface area (Å²) >= 11 is 2.14. The summed E-state index contributed by atoms with van der Waals surface area (Å²) in [5.74, 6) is -0.0638. The van der Waals surface area contributed by atoms with E-state index in [0.29, 0.717) is 22.7 Å². The van der Waals surface area contributed by atoms with Gasteiger partial charge < -0.3 is 14.3 Å². The minimum Gasteiger partial charge on any atom is -0.489 e. The number of aliphatic carboxylic acids is 1. The summed E-state index contributed by atoms with van der Waals surface area (Å²) in [6, 6.07) is 12.5. The molecular weight excluding hydrogens is 533 g/mol. The number of benzene rings is 2. The molecule has 9 heteroatoms. The summed E-state index contributed by atoms with van der Waals surface area (Å²) in [4.78, 5) is 11.0. The number of nitrogens with zero attached hydrogens (tertiary/aromatic N) is 1. The Morgan fingerprint density at radius 1 is 1.23 bits per heavy atom. The monoisotopic (exact) mass is 555 g/mol. The molecule has 0 bridgehead atoms. The zero-order valence-corrected chi connectivity index (χ0v) is 20.2. The van der Waals surface area contributed by atoms with E-state index in [-0.39, 0.29) is 13.0 Å². The summed E-state index contributed by atoms with van der Waals surface area (Å²) < 4.78 is 39.6. The maximum absolute atomic E-state index is 12.2. The number of para-hydroxylation sites is 1. The van der Waals surface area contributed by atoms with Gasteiger partial charge in [-0.2, -0.15) is 4.40 Å². The van der Waals surface area contributed by atoms with Gasteiger partial charge in [-0.1, -0.05) is 18.2 Å². The molecule has 0 aliphatic carbocycles. The van der Waals surface area contributed by atoms with Gasteiger partial charge in [0.15, 0.2) is 0 Å². The number of furan rings is 1. The third-order valence-electron chi connectivity index (χ3n) is 4.45. The van der Waals surface area contributed by atoms with Crippen molar-refractivity contribution in [2.24, 2.45) is 4.40 Å². The molecule has 0 radical (unpaired) electrons. The lowest BCUT2D eigenvalue weighted by Crippen LogP contribution is -2.25. The van der Waals surface area contributed by atoms with Crippen molar-refractivity contribution in [1.82, 2.24) is 0 Å². The largest absolute Gasteiger partial charge is 0.489 e. The molecule has 31 heavy (non-hydrogen) atoms. The van der Waals surface area contributed by atoms with Crippen LogP contribution >= 0.6 is 22.6 Å². The summed E-state index contributed by atoms with van der Waals surface area (Å²) in [5, 5.41) is 9.85. The third-order valence-corrected chi connectivity index (χ3v) is 7.18. The molecule has 0 unspecified atom stereocenters. The minimum absolute atomic E-state index is 0.116. The summed E-state index contributed by atoms with van der Waals surface area (Å²) in [5.41, 5.74) is 2.10. The van der Waals surface area contributed by atoms with Crippen LogP contribution in [-0.4, -0.2) is 30.5 Å². The molecule has 0 amide bonds. The zero-order chi connectivity index (χ0) is 22.8. The van der Waals surface area contributed by atoms with E-state index in [2.05, 4.69) is 27.0 Å². The number of rotatable bonds is 7. The number of hydrogen-bond donors (Lipinski definition) is 1. The Labute approximate surface area is 194 Å². The number of hydrogen-bond acceptors (Lipinski definition) is 5. The molecule has 0 aliphatic heterocycles. The van der Waals surface area contributed by atoms with E-state index >= 15 is 0 Å². The summed E-state index contributed by atoms with van der Waals surface area (Å²) in [6.45, 7) is 5.00. The number of carbonyl (C=O) groups is 1. The molecule has 164 valence electrons. The zero-order valence-electron chi connectivity index (χ0n) is 17.3. The van der Waals surface area contributed by atoms with Gasteiger partial charge in [0.05, 0.1) is 21.0 Å². The van der Waals surface area contributed by atoms with Crippen molar-refractivity contribution in [3.05, 3.63) is 62.9 Å². The first-order valence-corrected chi connectivity index (χ1v) is 11.9. The molecule has 0 saturated heterocycles. The fourth-order valence-corrected chi connectivity index (χ4v) is 4.11. The molecule has 3 rings (SSSR count).